The SMILES string of the molecule is COc1ccc(CCC2CCCN2CCN)cc1C. The molecule has 2 rings (SSSR count). The van der Waals surface area contributed by atoms with Gasteiger partial charge < -0.3 is 10.5 Å². The number of aryl methyl sites for hydroxylation is 2. The van der Waals surface area contributed by atoms with Crippen LogP contribution >= 0.6 is 0 Å². The van der Waals surface area contributed by atoms with Crippen LogP contribution in [0.5, 0.6) is 5.75 Å². The number of methoxy groups -OCH3 is 1. The van der Waals surface area contributed by atoms with E-state index in [0.29, 0.717) is 0 Å². The van der Waals surface area contributed by atoms with Gasteiger partial charge in [-0.25, -0.2) is 0 Å². The highest BCUT2D eigenvalue weighted by Crippen LogP contribution is 2.23. The van der Waals surface area contributed by atoms with Gasteiger partial charge in [0.15, 0.2) is 0 Å². The zero-order chi connectivity index (χ0) is 13.7. The summed E-state index contributed by atoms with van der Waals surface area (Å²) in [7, 11) is 1.73. The molecule has 1 aliphatic rings. The first-order chi connectivity index (χ1) is 9.24. The van der Waals surface area contributed by atoms with Gasteiger partial charge in [0.05, 0.1) is 7.11 Å². The van der Waals surface area contributed by atoms with Crippen LogP contribution in [0.4, 0.5) is 0 Å². The fourth-order valence-electron chi connectivity index (χ4n) is 3.11. The first kappa shape index (κ1) is 14.4. The molecular formula is C16H26N2O. The molecule has 1 aromatic rings. The molecule has 0 spiro atoms. The van der Waals surface area contributed by atoms with E-state index in [-0.39, 0.29) is 0 Å². The van der Waals surface area contributed by atoms with Gasteiger partial charge in [-0.1, -0.05) is 12.1 Å². The van der Waals surface area contributed by atoms with Gasteiger partial charge in [-0.2, -0.15) is 0 Å². The van der Waals surface area contributed by atoms with E-state index in [0.717, 1.165) is 31.3 Å². The minimum atomic E-state index is 0.728. The second kappa shape index (κ2) is 6.92. The molecular weight excluding hydrogens is 236 g/mol. The predicted molar refractivity (Wildman–Crippen MR) is 79.7 cm³/mol. The van der Waals surface area contributed by atoms with Crippen LogP contribution in [0.2, 0.25) is 0 Å². The Bertz CT molecular complexity index is 406. The van der Waals surface area contributed by atoms with Crippen molar-refractivity contribution in [2.45, 2.75) is 38.6 Å². The molecule has 1 unspecified atom stereocenters. The topological polar surface area (TPSA) is 38.5 Å². The number of hydrogen-bond donors (Lipinski definition) is 1. The summed E-state index contributed by atoms with van der Waals surface area (Å²) < 4.78 is 5.30. The highest BCUT2D eigenvalue weighted by molar-refractivity contribution is 5.36. The van der Waals surface area contributed by atoms with E-state index in [2.05, 4.69) is 30.0 Å². The van der Waals surface area contributed by atoms with E-state index >= 15 is 0 Å². The van der Waals surface area contributed by atoms with E-state index in [1.165, 1.54) is 36.9 Å². The van der Waals surface area contributed by atoms with Gasteiger partial charge in [0, 0.05) is 19.1 Å². The Hall–Kier alpha value is -1.06. The fourth-order valence-corrected chi connectivity index (χ4v) is 3.11. The van der Waals surface area contributed by atoms with Crippen molar-refractivity contribution in [1.82, 2.24) is 4.90 Å². The third-order valence-electron chi connectivity index (χ3n) is 4.14. The average molecular weight is 262 g/mol. The Balaban J connectivity index is 1.89. The van der Waals surface area contributed by atoms with Gasteiger partial charge >= 0.3 is 0 Å². The summed E-state index contributed by atoms with van der Waals surface area (Å²) in [6.45, 7) is 5.16. The summed E-state index contributed by atoms with van der Waals surface area (Å²) in [5.41, 5.74) is 8.32. The maximum atomic E-state index is 5.67. The van der Waals surface area contributed by atoms with Crippen molar-refractivity contribution in [3.05, 3.63) is 29.3 Å². The minimum absolute atomic E-state index is 0.728. The molecule has 0 aromatic heterocycles. The molecule has 3 nitrogen and oxygen atoms in total. The van der Waals surface area contributed by atoms with E-state index in [1.807, 2.05) is 0 Å². The standard InChI is InChI=1S/C16H26N2O/c1-13-12-14(6-8-16(13)19-2)5-7-15-4-3-10-18(15)11-9-17/h6,8,12,15H,3-5,7,9-11,17H2,1-2H3. The van der Waals surface area contributed by atoms with Gasteiger partial charge in [-0.15, -0.1) is 0 Å². The minimum Gasteiger partial charge on any atom is -0.496 e. The molecule has 3 heteroatoms. The monoisotopic (exact) mass is 262 g/mol. The summed E-state index contributed by atoms with van der Waals surface area (Å²) in [4.78, 5) is 2.55. The van der Waals surface area contributed by atoms with Crippen molar-refractivity contribution in [1.29, 1.82) is 0 Å². The Morgan fingerprint density at radius 2 is 2.26 bits per heavy atom. The molecule has 1 atom stereocenters. The van der Waals surface area contributed by atoms with Crippen LogP contribution < -0.4 is 10.5 Å². The van der Waals surface area contributed by atoms with Crippen molar-refractivity contribution in [2.24, 2.45) is 5.73 Å². The van der Waals surface area contributed by atoms with Crippen LogP contribution in [0, 0.1) is 6.92 Å². The summed E-state index contributed by atoms with van der Waals surface area (Å²) in [6, 6.07) is 7.25. The van der Waals surface area contributed by atoms with Crippen LogP contribution in [0.15, 0.2) is 18.2 Å². The number of ether oxygens (including phenoxy) is 1. The molecule has 1 fully saturated rings. The molecule has 0 radical (unpaired) electrons. The highest BCUT2D eigenvalue weighted by Gasteiger charge is 2.23. The summed E-state index contributed by atoms with van der Waals surface area (Å²) in [5.74, 6) is 0.981. The van der Waals surface area contributed by atoms with Crippen molar-refractivity contribution in [2.75, 3.05) is 26.7 Å². The lowest BCUT2D eigenvalue weighted by Gasteiger charge is -2.23. The fraction of sp³-hybridized carbons (Fsp3) is 0.625. The van der Waals surface area contributed by atoms with Gasteiger partial charge in [0.1, 0.15) is 5.75 Å². The zero-order valence-electron chi connectivity index (χ0n) is 12.2. The van der Waals surface area contributed by atoms with Crippen molar-refractivity contribution in [3.8, 4) is 5.75 Å². The van der Waals surface area contributed by atoms with Crippen LogP contribution in [0.3, 0.4) is 0 Å². The maximum absolute atomic E-state index is 5.67. The lowest BCUT2D eigenvalue weighted by Crippen LogP contribution is -2.34. The number of likely N-dealkylation sites (tertiary alicyclic amines) is 1. The summed E-state index contributed by atoms with van der Waals surface area (Å²) in [5, 5.41) is 0. The zero-order valence-corrected chi connectivity index (χ0v) is 12.2. The second-order valence-electron chi connectivity index (χ2n) is 5.46. The Labute approximate surface area is 116 Å². The molecule has 1 aromatic carbocycles. The number of benzene rings is 1. The molecule has 0 amide bonds. The largest absolute Gasteiger partial charge is 0.496 e. The van der Waals surface area contributed by atoms with Crippen LogP contribution in [-0.4, -0.2) is 37.7 Å². The molecule has 19 heavy (non-hydrogen) atoms. The average Bonchev–Trinajstić information content (AvgIpc) is 2.84. The molecule has 1 saturated heterocycles. The van der Waals surface area contributed by atoms with Gasteiger partial charge in [0.25, 0.3) is 0 Å². The predicted octanol–water partition coefficient (Wildman–Crippen LogP) is 2.36. The van der Waals surface area contributed by atoms with Crippen molar-refractivity contribution < 1.29 is 4.74 Å². The van der Waals surface area contributed by atoms with Crippen molar-refractivity contribution >= 4 is 0 Å². The van der Waals surface area contributed by atoms with E-state index in [4.69, 9.17) is 10.5 Å². The lowest BCUT2D eigenvalue weighted by molar-refractivity contribution is 0.250. The Morgan fingerprint density at radius 3 is 2.95 bits per heavy atom. The third kappa shape index (κ3) is 3.71. The second-order valence-corrected chi connectivity index (χ2v) is 5.46. The first-order valence-corrected chi connectivity index (χ1v) is 7.32. The molecule has 0 saturated carbocycles. The molecule has 1 heterocycles. The van der Waals surface area contributed by atoms with E-state index in [1.54, 1.807) is 7.11 Å². The molecule has 2 N–H and O–H groups in total. The maximum Gasteiger partial charge on any atom is 0.121 e. The first-order valence-electron chi connectivity index (χ1n) is 7.32. The van der Waals surface area contributed by atoms with E-state index in [9.17, 15) is 0 Å². The van der Waals surface area contributed by atoms with Gasteiger partial charge in [-0.05, 0) is 56.3 Å². The van der Waals surface area contributed by atoms with Gasteiger partial charge in [0.2, 0.25) is 0 Å². The van der Waals surface area contributed by atoms with Crippen LogP contribution in [0.25, 0.3) is 0 Å². The van der Waals surface area contributed by atoms with Crippen LogP contribution in [-0.2, 0) is 6.42 Å². The third-order valence-corrected chi connectivity index (χ3v) is 4.14. The Kier molecular flexibility index (Phi) is 5.23. The van der Waals surface area contributed by atoms with Gasteiger partial charge in [-0.3, -0.25) is 4.90 Å². The molecule has 0 aliphatic carbocycles. The number of rotatable bonds is 6. The normalized spacial score (nSPS) is 19.8. The summed E-state index contributed by atoms with van der Waals surface area (Å²) >= 11 is 0. The number of nitrogens with two attached hydrogens (primary N) is 1. The Morgan fingerprint density at radius 1 is 1.42 bits per heavy atom. The molecule has 106 valence electrons. The highest BCUT2D eigenvalue weighted by atomic mass is 16.5. The molecule has 1 aliphatic heterocycles. The quantitative estimate of drug-likeness (QED) is 0.855. The van der Waals surface area contributed by atoms with Crippen LogP contribution in [0.1, 0.15) is 30.4 Å². The molecule has 0 bridgehead atoms. The number of nitrogens with zero attached hydrogens (tertiary/aromatic N) is 1. The van der Waals surface area contributed by atoms with E-state index < -0.39 is 0 Å². The lowest BCUT2D eigenvalue weighted by atomic mass is 10.0. The number of hydrogen-bond acceptors (Lipinski definition) is 3. The van der Waals surface area contributed by atoms with Crippen molar-refractivity contribution in [3.63, 3.8) is 0 Å². The summed E-state index contributed by atoms with van der Waals surface area (Å²) in [6.07, 6.45) is 5.05. The smallest absolute Gasteiger partial charge is 0.121 e.